The third-order valence-corrected chi connectivity index (χ3v) is 2.39. The predicted molar refractivity (Wildman–Crippen MR) is 58.1 cm³/mol. The van der Waals surface area contributed by atoms with Gasteiger partial charge in [-0.2, -0.15) is 0 Å². The molecule has 0 fully saturated rings. The first-order valence-electron chi connectivity index (χ1n) is 4.46. The van der Waals surface area contributed by atoms with Crippen molar-refractivity contribution in [3.05, 3.63) is 53.1 Å². The van der Waals surface area contributed by atoms with E-state index in [1.54, 1.807) is 22.8 Å². The van der Waals surface area contributed by atoms with Crippen molar-refractivity contribution in [3.63, 3.8) is 0 Å². The van der Waals surface area contributed by atoms with Crippen molar-refractivity contribution in [2.75, 3.05) is 0 Å². The Hall–Kier alpha value is -1.61. The average Bonchev–Trinajstić information content (AvgIpc) is 2.65. The van der Waals surface area contributed by atoms with Gasteiger partial charge in [0.1, 0.15) is 5.15 Å². The Balaban J connectivity index is 2.37. The maximum atomic E-state index is 11.9. The molecule has 0 radical (unpaired) electrons. The molecule has 15 heavy (non-hydrogen) atoms. The van der Waals surface area contributed by atoms with Gasteiger partial charge in [0.2, 0.25) is 5.78 Å². The maximum absolute atomic E-state index is 11.9. The molecule has 0 atom stereocenters. The fourth-order valence-electron chi connectivity index (χ4n) is 1.36. The molecule has 2 aromatic heterocycles. The van der Waals surface area contributed by atoms with Crippen LogP contribution in [0.2, 0.25) is 5.15 Å². The van der Waals surface area contributed by atoms with Gasteiger partial charge in [-0.3, -0.25) is 4.79 Å². The van der Waals surface area contributed by atoms with Crippen molar-refractivity contribution in [1.29, 1.82) is 0 Å². The summed E-state index contributed by atoms with van der Waals surface area (Å²) in [6.45, 7) is 0. The molecule has 0 bridgehead atoms. The van der Waals surface area contributed by atoms with Gasteiger partial charge in [0, 0.05) is 25.0 Å². The number of halogens is 1. The lowest BCUT2D eigenvalue weighted by Crippen LogP contribution is -2.06. The summed E-state index contributed by atoms with van der Waals surface area (Å²) >= 11 is 5.64. The number of carbonyl (C=O) groups excluding carboxylic acids is 1. The molecular weight excluding hydrogens is 212 g/mol. The second-order valence-electron chi connectivity index (χ2n) is 3.20. The Morgan fingerprint density at radius 1 is 1.40 bits per heavy atom. The number of pyridine rings is 1. The molecule has 0 aliphatic rings. The van der Waals surface area contributed by atoms with E-state index in [4.69, 9.17) is 11.6 Å². The molecule has 0 aromatic carbocycles. The van der Waals surface area contributed by atoms with Gasteiger partial charge in [0.05, 0.1) is 5.69 Å². The van der Waals surface area contributed by atoms with Crippen LogP contribution in [0.3, 0.4) is 0 Å². The summed E-state index contributed by atoms with van der Waals surface area (Å²) < 4.78 is 1.77. The zero-order chi connectivity index (χ0) is 10.8. The molecule has 2 rings (SSSR count). The number of aromatic nitrogens is 2. The van der Waals surface area contributed by atoms with Crippen molar-refractivity contribution in [1.82, 2.24) is 9.55 Å². The van der Waals surface area contributed by atoms with E-state index in [1.165, 1.54) is 6.20 Å². The van der Waals surface area contributed by atoms with Gasteiger partial charge >= 0.3 is 0 Å². The first-order chi connectivity index (χ1) is 7.18. The van der Waals surface area contributed by atoms with Crippen molar-refractivity contribution >= 4 is 17.4 Å². The summed E-state index contributed by atoms with van der Waals surface area (Å²) in [4.78, 5) is 15.8. The SMILES string of the molecule is Cn1cccc1C(=O)c1ccc(Cl)nc1. The van der Waals surface area contributed by atoms with Crippen LogP contribution in [0, 0.1) is 0 Å². The van der Waals surface area contributed by atoms with Crippen LogP contribution in [0.1, 0.15) is 16.1 Å². The summed E-state index contributed by atoms with van der Waals surface area (Å²) in [6.07, 6.45) is 3.31. The number of ketones is 1. The molecular formula is C11H9ClN2O. The Morgan fingerprint density at radius 3 is 2.73 bits per heavy atom. The van der Waals surface area contributed by atoms with Crippen LogP contribution in [0.15, 0.2) is 36.7 Å². The second kappa shape index (κ2) is 3.87. The minimum absolute atomic E-state index is 0.0494. The number of carbonyl (C=O) groups is 1. The number of hydrogen-bond acceptors (Lipinski definition) is 2. The van der Waals surface area contributed by atoms with Gasteiger partial charge in [-0.05, 0) is 24.3 Å². The largest absolute Gasteiger partial charge is 0.348 e. The fourth-order valence-corrected chi connectivity index (χ4v) is 1.47. The third kappa shape index (κ3) is 1.92. The highest BCUT2D eigenvalue weighted by molar-refractivity contribution is 6.29. The first-order valence-corrected chi connectivity index (χ1v) is 4.84. The van der Waals surface area contributed by atoms with E-state index in [2.05, 4.69) is 4.98 Å². The van der Waals surface area contributed by atoms with E-state index in [-0.39, 0.29) is 5.78 Å². The van der Waals surface area contributed by atoms with Crippen LogP contribution in [0.4, 0.5) is 0 Å². The molecule has 0 saturated carbocycles. The van der Waals surface area contributed by atoms with Gasteiger partial charge in [0.15, 0.2) is 0 Å². The van der Waals surface area contributed by atoms with Gasteiger partial charge in [-0.25, -0.2) is 4.98 Å². The summed E-state index contributed by atoms with van der Waals surface area (Å²) in [5.41, 5.74) is 1.18. The average molecular weight is 221 g/mol. The van der Waals surface area contributed by atoms with Gasteiger partial charge in [-0.15, -0.1) is 0 Å². The molecule has 0 unspecified atom stereocenters. The zero-order valence-corrected chi connectivity index (χ0v) is 8.90. The standard InChI is InChI=1S/C11H9ClN2O/c1-14-6-2-3-9(14)11(15)8-4-5-10(12)13-7-8/h2-7H,1H3. The molecule has 2 aromatic rings. The molecule has 0 aliphatic carbocycles. The van der Waals surface area contributed by atoms with E-state index in [0.717, 1.165) is 0 Å². The van der Waals surface area contributed by atoms with E-state index >= 15 is 0 Å². The number of nitrogens with zero attached hydrogens (tertiary/aromatic N) is 2. The summed E-state index contributed by atoms with van der Waals surface area (Å²) in [5.74, 6) is -0.0494. The van der Waals surface area contributed by atoms with Crippen LogP contribution in [-0.2, 0) is 7.05 Å². The Labute approximate surface area is 92.3 Å². The first kappa shape index (κ1) is 9.93. The molecule has 0 N–H and O–H groups in total. The lowest BCUT2D eigenvalue weighted by atomic mass is 10.1. The topological polar surface area (TPSA) is 34.9 Å². The Morgan fingerprint density at radius 2 is 2.20 bits per heavy atom. The summed E-state index contributed by atoms with van der Waals surface area (Å²) in [6, 6.07) is 6.88. The summed E-state index contributed by atoms with van der Waals surface area (Å²) in [7, 11) is 1.83. The van der Waals surface area contributed by atoms with Crippen LogP contribution >= 0.6 is 11.6 Å². The monoisotopic (exact) mass is 220 g/mol. The fraction of sp³-hybridized carbons (Fsp3) is 0.0909. The maximum Gasteiger partial charge on any atom is 0.210 e. The highest BCUT2D eigenvalue weighted by atomic mass is 35.5. The molecule has 0 saturated heterocycles. The lowest BCUT2D eigenvalue weighted by molar-refractivity contribution is 0.103. The lowest BCUT2D eigenvalue weighted by Gasteiger charge is -2.01. The molecule has 76 valence electrons. The van der Waals surface area contributed by atoms with E-state index in [1.807, 2.05) is 19.3 Å². The normalized spacial score (nSPS) is 10.3. The molecule has 3 nitrogen and oxygen atoms in total. The second-order valence-corrected chi connectivity index (χ2v) is 3.59. The van der Waals surface area contributed by atoms with Gasteiger partial charge in [-0.1, -0.05) is 11.6 Å². The van der Waals surface area contributed by atoms with Crippen molar-refractivity contribution in [2.45, 2.75) is 0 Å². The molecule has 0 amide bonds. The zero-order valence-electron chi connectivity index (χ0n) is 8.14. The summed E-state index contributed by atoms with van der Waals surface area (Å²) in [5, 5.41) is 0.387. The smallest absolute Gasteiger partial charge is 0.210 e. The van der Waals surface area contributed by atoms with Gasteiger partial charge < -0.3 is 4.57 Å². The van der Waals surface area contributed by atoms with E-state index in [9.17, 15) is 4.79 Å². The minimum atomic E-state index is -0.0494. The third-order valence-electron chi connectivity index (χ3n) is 2.17. The Kier molecular flexibility index (Phi) is 2.56. The van der Waals surface area contributed by atoms with Crippen LogP contribution < -0.4 is 0 Å². The molecule has 4 heteroatoms. The highest BCUT2D eigenvalue weighted by Gasteiger charge is 2.11. The Bertz CT molecular complexity index is 488. The van der Waals surface area contributed by atoms with E-state index < -0.39 is 0 Å². The highest BCUT2D eigenvalue weighted by Crippen LogP contribution is 2.11. The quantitative estimate of drug-likeness (QED) is 0.575. The number of aryl methyl sites for hydroxylation is 1. The van der Waals surface area contributed by atoms with Crippen molar-refractivity contribution in [2.24, 2.45) is 7.05 Å². The molecule has 0 aliphatic heterocycles. The minimum Gasteiger partial charge on any atom is -0.348 e. The van der Waals surface area contributed by atoms with Crippen LogP contribution in [0.25, 0.3) is 0 Å². The van der Waals surface area contributed by atoms with Crippen molar-refractivity contribution < 1.29 is 4.79 Å². The number of hydrogen-bond donors (Lipinski definition) is 0. The van der Waals surface area contributed by atoms with Crippen LogP contribution in [-0.4, -0.2) is 15.3 Å². The predicted octanol–water partition coefficient (Wildman–Crippen LogP) is 2.30. The van der Waals surface area contributed by atoms with Gasteiger partial charge in [0.25, 0.3) is 0 Å². The number of rotatable bonds is 2. The van der Waals surface area contributed by atoms with E-state index in [0.29, 0.717) is 16.4 Å². The molecule has 2 heterocycles. The van der Waals surface area contributed by atoms with Crippen molar-refractivity contribution in [3.8, 4) is 0 Å². The molecule has 0 spiro atoms. The van der Waals surface area contributed by atoms with Crippen LogP contribution in [0.5, 0.6) is 0 Å².